The fraction of sp³-hybridized carbons (Fsp3) is 0.214. The Labute approximate surface area is 106 Å². The predicted molar refractivity (Wildman–Crippen MR) is 69.3 cm³/mol. The van der Waals surface area contributed by atoms with Crippen molar-refractivity contribution in [3.8, 4) is 5.75 Å². The molecule has 1 aromatic heterocycles. The van der Waals surface area contributed by atoms with Crippen molar-refractivity contribution < 1.29 is 9.13 Å². The number of pyridine rings is 1. The van der Waals surface area contributed by atoms with Crippen LogP contribution in [0.2, 0.25) is 0 Å². The van der Waals surface area contributed by atoms with Crippen molar-refractivity contribution in [3.63, 3.8) is 0 Å². The molecule has 3 nitrogen and oxygen atoms in total. The van der Waals surface area contributed by atoms with Crippen LogP contribution in [0.3, 0.4) is 0 Å². The van der Waals surface area contributed by atoms with Crippen molar-refractivity contribution in [2.75, 3.05) is 12.4 Å². The van der Waals surface area contributed by atoms with Crippen LogP contribution in [0.4, 0.5) is 10.2 Å². The van der Waals surface area contributed by atoms with E-state index in [4.69, 9.17) is 4.74 Å². The first-order valence-corrected chi connectivity index (χ1v) is 5.71. The summed E-state index contributed by atoms with van der Waals surface area (Å²) in [5.41, 5.74) is 1.84. The summed E-state index contributed by atoms with van der Waals surface area (Å²) in [5.74, 6) is 1.03. The molecule has 2 aromatic rings. The van der Waals surface area contributed by atoms with Gasteiger partial charge in [-0.3, -0.25) is 0 Å². The average molecular weight is 246 g/mol. The first kappa shape index (κ1) is 12.4. The molecule has 0 aliphatic heterocycles. The maximum Gasteiger partial charge on any atom is 0.132 e. The normalized spacial score (nSPS) is 10.2. The van der Waals surface area contributed by atoms with E-state index < -0.39 is 0 Å². The van der Waals surface area contributed by atoms with Gasteiger partial charge in [0.05, 0.1) is 0 Å². The van der Waals surface area contributed by atoms with E-state index in [2.05, 4.69) is 10.3 Å². The van der Waals surface area contributed by atoms with E-state index in [1.807, 2.05) is 19.1 Å². The van der Waals surface area contributed by atoms with Gasteiger partial charge in [0.1, 0.15) is 24.0 Å². The second-order valence-electron chi connectivity index (χ2n) is 3.96. The number of hydrogen-bond donors (Lipinski definition) is 1. The quantitative estimate of drug-likeness (QED) is 0.899. The van der Waals surface area contributed by atoms with Gasteiger partial charge in [0.15, 0.2) is 0 Å². The highest BCUT2D eigenvalue weighted by Crippen LogP contribution is 2.21. The Balaban J connectivity index is 2.14. The zero-order valence-electron chi connectivity index (χ0n) is 10.4. The number of rotatable bonds is 4. The van der Waals surface area contributed by atoms with E-state index in [0.717, 1.165) is 16.9 Å². The van der Waals surface area contributed by atoms with Crippen LogP contribution in [0.15, 0.2) is 36.5 Å². The van der Waals surface area contributed by atoms with Gasteiger partial charge in [-0.25, -0.2) is 9.37 Å². The fourth-order valence-electron chi connectivity index (χ4n) is 1.67. The molecule has 0 fully saturated rings. The maximum atomic E-state index is 13.1. The van der Waals surface area contributed by atoms with Crippen molar-refractivity contribution in [1.82, 2.24) is 4.98 Å². The summed E-state index contributed by atoms with van der Waals surface area (Å²) < 4.78 is 18.7. The van der Waals surface area contributed by atoms with Crippen molar-refractivity contribution in [1.29, 1.82) is 0 Å². The van der Waals surface area contributed by atoms with Crippen molar-refractivity contribution >= 4 is 5.82 Å². The van der Waals surface area contributed by atoms with Crippen molar-refractivity contribution in [2.24, 2.45) is 0 Å². The molecule has 2 rings (SSSR count). The van der Waals surface area contributed by atoms with Gasteiger partial charge in [0.2, 0.25) is 0 Å². The Morgan fingerprint density at radius 2 is 2.17 bits per heavy atom. The van der Waals surface area contributed by atoms with Crippen molar-refractivity contribution in [2.45, 2.75) is 13.5 Å². The SMILES string of the molecule is CNc1ncccc1COc1cc(F)ccc1C. The third kappa shape index (κ3) is 2.77. The summed E-state index contributed by atoms with van der Waals surface area (Å²) in [4.78, 5) is 4.18. The highest BCUT2D eigenvalue weighted by molar-refractivity contribution is 5.43. The van der Waals surface area contributed by atoms with E-state index in [1.54, 1.807) is 19.3 Å². The number of benzene rings is 1. The smallest absolute Gasteiger partial charge is 0.132 e. The molecular weight excluding hydrogens is 231 g/mol. The minimum atomic E-state index is -0.296. The molecule has 1 heterocycles. The number of anilines is 1. The Morgan fingerprint density at radius 1 is 1.33 bits per heavy atom. The summed E-state index contributed by atoms with van der Waals surface area (Å²) in [6.07, 6.45) is 1.71. The molecular formula is C14H15FN2O. The van der Waals surface area contributed by atoms with Crippen LogP contribution in [0, 0.1) is 12.7 Å². The molecule has 0 radical (unpaired) electrons. The topological polar surface area (TPSA) is 34.2 Å². The highest BCUT2D eigenvalue weighted by Gasteiger charge is 2.05. The van der Waals surface area contributed by atoms with Crippen LogP contribution in [-0.2, 0) is 6.61 Å². The predicted octanol–water partition coefficient (Wildman–Crippen LogP) is 3.15. The standard InChI is InChI=1S/C14H15FN2O/c1-10-5-6-12(15)8-13(10)18-9-11-4-3-7-17-14(11)16-2/h3-8H,9H2,1-2H3,(H,16,17). The molecule has 0 spiro atoms. The lowest BCUT2D eigenvalue weighted by Crippen LogP contribution is -2.03. The van der Waals surface area contributed by atoms with Gasteiger partial charge in [-0.15, -0.1) is 0 Å². The number of ether oxygens (including phenoxy) is 1. The second kappa shape index (κ2) is 5.49. The lowest BCUT2D eigenvalue weighted by atomic mass is 10.2. The van der Waals surface area contributed by atoms with Crippen LogP contribution in [0.1, 0.15) is 11.1 Å². The minimum Gasteiger partial charge on any atom is -0.488 e. The van der Waals surface area contributed by atoms with E-state index in [9.17, 15) is 4.39 Å². The molecule has 4 heteroatoms. The van der Waals surface area contributed by atoms with Gasteiger partial charge >= 0.3 is 0 Å². The van der Waals surface area contributed by atoms with Crippen LogP contribution in [-0.4, -0.2) is 12.0 Å². The summed E-state index contributed by atoms with van der Waals surface area (Å²) in [5, 5.41) is 2.99. The number of aromatic nitrogens is 1. The molecule has 1 aromatic carbocycles. The molecule has 0 bridgehead atoms. The molecule has 0 atom stereocenters. The van der Waals surface area contributed by atoms with Gasteiger partial charge in [-0.05, 0) is 24.6 Å². The fourth-order valence-corrected chi connectivity index (χ4v) is 1.67. The Morgan fingerprint density at radius 3 is 2.94 bits per heavy atom. The van der Waals surface area contributed by atoms with E-state index in [0.29, 0.717) is 12.4 Å². The zero-order valence-corrected chi connectivity index (χ0v) is 10.4. The Kier molecular flexibility index (Phi) is 3.77. The van der Waals surface area contributed by atoms with Gasteiger partial charge < -0.3 is 10.1 Å². The van der Waals surface area contributed by atoms with Crippen LogP contribution in [0.5, 0.6) is 5.75 Å². The van der Waals surface area contributed by atoms with Gasteiger partial charge in [-0.2, -0.15) is 0 Å². The number of nitrogens with one attached hydrogen (secondary N) is 1. The molecule has 0 saturated carbocycles. The van der Waals surface area contributed by atoms with Crippen molar-refractivity contribution in [3.05, 3.63) is 53.5 Å². The highest BCUT2D eigenvalue weighted by atomic mass is 19.1. The molecule has 0 aliphatic rings. The summed E-state index contributed by atoms with van der Waals surface area (Å²) in [6, 6.07) is 8.29. The lowest BCUT2D eigenvalue weighted by molar-refractivity contribution is 0.302. The molecule has 0 saturated heterocycles. The Hall–Kier alpha value is -2.10. The average Bonchev–Trinajstić information content (AvgIpc) is 2.40. The summed E-state index contributed by atoms with van der Waals surface area (Å²) >= 11 is 0. The van der Waals surface area contributed by atoms with Crippen LogP contribution in [0.25, 0.3) is 0 Å². The van der Waals surface area contributed by atoms with Gasteiger partial charge in [0.25, 0.3) is 0 Å². The first-order valence-electron chi connectivity index (χ1n) is 5.71. The largest absolute Gasteiger partial charge is 0.488 e. The zero-order chi connectivity index (χ0) is 13.0. The first-order chi connectivity index (χ1) is 8.70. The number of halogens is 1. The second-order valence-corrected chi connectivity index (χ2v) is 3.96. The molecule has 0 aliphatic carbocycles. The number of hydrogen-bond acceptors (Lipinski definition) is 3. The number of aryl methyl sites for hydroxylation is 1. The molecule has 0 unspecified atom stereocenters. The third-order valence-electron chi connectivity index (χ3n) is 2.66. The van der Waals surface area contributed by atoms with Gasteiger partial charge in [-0.1, -0.05) is 12.1 Å². The van der Waals surface area contributed by atoms with Crippen LogP contribution < -0.4 is 10.1 Å². The molecule has 94 valence electrons. The van der Waals surface area contributed by atoms with E-state index in [-0.39, 0.29) is 5.82 Å². The summed E-state index contributed by atoms with van der Waals surface area (Å²) in [7, 11) is 1.80. The maximum absolute atomic E-state index is 13.1. The molecule has 18 heavy (non-hydrogen) atoms. The molecule has 0 amide bonds. The van der Waals surface area contributed by atoms with E-state index >= 15 is 0 Å². The number of nitrogens with zero attached hydrogens (tertiary/aromatic N) is 1. The third-order valence-corrected chi connectivity index (χ3v) is 2.66. The minimum absolute atomic E-state index is 0.296. The molecule has 1 N–H and O–H groups in total. The lowest BCUT2D eigenvalue weighted by Gasteiger charge is -2.11. The van der Waals surface area contributed by atoms with Crippen LogP contribution >= 0.6 is 0 Å². The Bertz CT molecular complexity index is 543. The monoisotopic (exact) mass is 246 g/mol. The van der Waals surface area contributed by atoms with Gasteiger partial charge in [0, 0.05) is 24.9 Å². The summed E-state index contributed by atoms with van der Waals surface area (Å²) in [6.45, 7) is 2.24. The van der Waals surface area contributed by atoms with E-state index in [1.165, 1.54) is 12.1 Å².